The van der Waals surface area contributed by atoms with Crippen LogP contribution in [0.1, 0.15) is 27.2 Å². The summed E-state index contributed by atoms with van der Waals surface area (Å²) in [6.45, 7) is 2.01. The zero-order valence-corrected chi connectivity index (χ0v) is 22.2. The highest BCUT2D eigenvalue weighted by Gasteiger charge is 2.21. The third kappa shape index (κ3) is 4.48. The minimum Gasteiger partial charge on any atom is -0.383 e. The van der Waals surface area contributed by atoms with Gasteiger partial charge in [0.2, 0.25) is 5.78 Å². The van der Waals surface area contributed by atoms with E-state index in [-0.39, 0.29) is 11.6 Å². The second-order valence-corrected chi connectivity index (χ2v) is 10.0. The number of carbonyl (C=O) groups is 1. The molecule has 3 heterocycles. The third-order valence-electron chi connectivity index (χ3n) is 6.40. The van der Waals surface area contributed by atoms with Crippen LogP contribution >= 0.6 is 15.9 Å². The average Bonchev–Trinajstić information content (AvgIpc) is 3.27. The second-order valence-electron chi connectivity index (χ2n) is 9.11. The van der Waals surface area contributed by atoms with Gasteiger partial charge in [0.25, 0.3) is 0 Å². The van der Waals surface area contributed by atoms with E-state index in [1.54, 1.807) is 12.1 Å². The van der Waals surface area contributed by atoms with Crippen molar-refractivity contribution in [2.75, 3.05) is 24.7 Å². The van der Waals surface area contributed by atoms with Crippen molar-refractivity contribution in [2.45, 2.75) is 6.92 Å². The van der Waals surface area contributed by atoms with Crippen molar-refractivity contribution in [2.24, 2.45) is 0 Å². The number of nitrogen functional groups attached to an aromatic ring is 1. The van der Waals surface area contributed by atoms with Gasteiger partial charge in [0.05, 0.1) is 16.9 Å². The van der Waals surface area contributed by atoms with E-state index in [9.17, 15) is 10.1 Å². The largest absolute Gasteiger partial charge is 0.383 e. The van der Waals surface area contributed by atoms with Gasteiger partial charge in [-0.1, -0.05) is 28.1 Å². The zero-order chi connectivity index (χ0) is 26.3. The molecule has 0 aliphatic rings. The first-order valence-electron chi connectivity index (χ1n) is 11.7. The second kappa shape index (κ2) is 9.57. The Balaban J connectivity index is 1.71. The lowest BCUT2D eigenvalue weighted by Gasteiger charge is -2.14. The first-order chi connectivity index (χ1) is 17.8. The van der Waals surface area contributed by atoms with Gasteiger partial charge in [-0.2, -0.15) is 5.26 Å². The minimum absolute atomic E-state index is 0.0984. The number of nitrogens with zero attached hydrogens (tertiary/aromatic N) is 4. The maximum atomic E-state index is 13.5. The molecule has 2 N–H and O–H groups in total. The Morgan fingerprint density at radius 3 is 2.35 bits per heavy atom. The summed E-state index contributed by atoms with van der Waals surface area (Å²) in [5.41, 5.74) is 13.6. The minimum atomic E-state index is -0.0984. The Morgan fingerprint density at radius 2 is 1.70 bits per heavy atom. The highest BCUT2D eigenvalue weighted by molar-refractivity contribution is 9.10. The molecule has 0 amide bonds. The fourth-order valence-electron chi connectivity index (χ4n) is 4.42. The average molecular weight is 550 g/mol. The summed E-state index contributed by atoms with van der Waals surface area (Å²) in [6, 6.07) is 25.2. The summed E-state index contributed by atoms with van der Waals surface area (Å²) in [6.07, 6.45) is 1.90. The molecule has 0 radical (unpaired) electrons. The lowest BCUT2D eigenvalue weighted by Crippen LogP contribution is -2.08. The van der Waals surface area contributed by atoms with Crippen LogP contribution in [0.3, 0.4) is 0 Å². The van der Waals surface area contributed by atoms with E-state index in [4.69, 9.17) is 5.73 Å². The number of rotatable bonds is 5. The number of halogens is 1. The van der Waals surface area contributed by atoms with Gasteiger partial charge in [0, 0.05) is 47.1 Å². The van der Waals surface area contributed by atoms with Crippen molar-refractivity contribution in [3.05, 3.63) is 106 Å². The van der Waals surface area contributed by atoms with Crippen molar-refractivity contribution in [1.82, 2.24) is 9.38 Å². The molecule has 0 unspecified atom stereocenters. The molecule has 0 aliphatic heterocycles. The predicted octanol–water partition coefficient (Wildman–Crippen LogP) is 6.49. The van der Waals surface area contributed by atoms with Crippen molar-refractivity contribution in [3.8, 4) is 28.5 Å². The number of nitriles is 1. The van der Waals surface area contributed by atoms with Crippen LogP contribution in [0.4, 0.5) is 11.5 Å². The van der Waals surface area contributed by atoms with Crippen LogP contribution in [0.15, 0.2) is 83.5 Å². The fourth-order valence-corrected chi connectivity index (χ4v) is 4.68. The van der Waals surface area contributed by atoms with Crippen molar-refractivity contribution < 1.29 is 4.79 Å². The number of fused-ring (bicyclic) bond motifs is 1. The molecule has 0 atom stereocenters. The summed E-state index contributed by atoms with van der Waals surface area (Å²) in [7, 11) is 3.96. The van der Waals surface area contributed by atoms with E-state index in [0.717, 1.165) is 32.4 Å². The van der Waals surface area contributed by atoms with E-state index in [1.807, 2.05) is 97.2 Å². The predicted molar refractivity (Wildman–Crippen MR) is 152 cm³/mol. The summed E-state index contributed by atoms with van der Waals surface area (Å²) in [5, 5.41) is 9.87. The number of nitrogens with two attached hydrogens (primary N) is 1. The molecule has 182 valence electrons. The fraction of sp³-hybridized carbons (Fsp3) is 0.100. The number of anilines is 2. The lowest BCUT2D eigenvalue weighted by molar-refractivity contribution is 0.103. The molecule has 7 heteroatoms. The van der Waals surface area contributed by atoms with E-state index in [2.05, 4.69) is 27.0 Å². The van der Waals surface area contributed by atoms with Gasteiger partial charge in [0.1, 0.15) is 17.5 Å². The standard InChI is InChI=1S/C30H24BrN5O/c1-18-12-13-36-27(14-18)24(16-28(36)29(37)20-4-8-21(31)9-5-20)26-15-23(25(17-32)30(33)34-26)19-6-10-22(11-7-19)35(2)3/h4-16H,1-3H3,(H2,33,34). The molecular formula is C30H24BrN5O. The first-order valence-corrected chi connectivity index (χ1v) is 12.5. The molecule has 6 nitrogen and oxygen atoms in total. The van der Waals surface area contributed by atoms with Crippen LogP contribution < -0.4 is 10.6 Å². The molecule has 2 aromatic carbocycles. The van der Waals surface area contributed by atoms with Gasteiger partial charge in [-0.25, -0.2) is 4.98 Å². The summed E-state index contributed by atoms with van der Waals surface area (Å²) in [4.78, 5) is 20.1. The number of carbonyl (C=O) groups excluding carboxylic acids is 1. The summed E-state index contributed by atoms with van der Waals surface area (Å²) >= 11 is 3.43. The molecule has 0 aliphatic carbocycles. The number of aromatic nitrogens is 2. The molecular weight excluding hydrogens is 526 g/mol. The van der Waals surface area contributed by atoms with Crippen LogP contribution in [0.2, 0.25) is 0 Å². The van der Waals surface area contributed by atoms with Gasteiger partial charge in [-0.05, 0) is 78.7 Å². The smallest absolute Gasteiger partial charge is 0.209 e. The SMILES string of the molecule is Cc1ccn2c(C(=O)c3ccc(Br)cc3)cc(-c3cc(-c4ccc(N(C)C)cc4)c(C#N)c(N)n3)c2c1. The van der Waals surface area contributed by atoms with Crippen molar-refractivity contribution in [1.29, 1.82) is 5.26 Å². The Kier molecular flexibility index (Phi) is 6.28. The van der Waals surface area contributed by atoms with Gasteiger partial charge in [0.15, 0.2) is 0 Å². The normalized spacial score (nSPS) is 10.9. The van der Waals surface area contributed by atoms with Crippen molar-refractivity contribution >= 4 is 38.7 Å². The zero-order valence-electron chi connectivity index (χ0n) is 20.7. The Labute approximate surface area is 223 Å². The Bertz CT molecular complexity index is 1690. The maximum absolute atomic E-state index is 13.5. The Hall–Kier alpha value is -4.41. The molecule has 5 rings (SSSR count). The first kappa shape index (κ1) is 24.3. The topological polar surface area (TPSA) is 87.4 Å². The molecule has 0 fully saturated rings. The summed E-state index contributed by atoms with van der Waals surface area (Å²) < 4.78 is 2.79. The lowest BCUT2D eigenvalue weighted by atomic mass is 9.98. The number of aryl methyl sites for hydroxylation is 1. The van der Waals surface area contributed by atoms with Crippen LogP contribution in [-0.4, -0.2) is 29.3 Å². The highest BCUT2D eigenvalue weighted by Crippen LogP contribution is 2.35. The molecule has 0 bridgehead atoms. The van der Waals surface area contributed by atoms with Gasteiger partial charge >= 0.3 is 0 Å². The molecule has 3 aromatic heterocycles. The number of pyridine rings is 2. The third-order valence-corrected chi connectivity index (χ3v) is 6.92. The van der Waals surface area contributed by atoms with Crippen LogP contribution in [0.25, 0.3) is 27.9 Å². The number of hydrogen-bond acceptors (Lipinski definition) is 5. The molecule has 0 saturated heterocycles. The molecule has 5 aromatic rings. The van der Waals surface area contributed by atoms with Crippen molar-refractivity contribution in [3.63, 3.8) is 0 Å². The van der Waals surface area contributed by atoms with Crippen LogP contribution in [0.5, 0.6) is 0 Å². The van der Waals surface area contributed by atoms with Crippen LogP contribution in [0, 0.1) is 18.3 Å². The van der Waals surface area contributed by atoms with Gasteiger partial charge < -0.3 is 15.0 Å². The van der Waals surface area contributed by atoms with Crippen LogP contribution in [-0.2, 0) is 0 Å². The van der Waals surface area contributed by atoms with Gasteiger partial charge in [-0.15, -0.1) is 0 Å². The summed E-state index contributed by atoms with van der Waals surface area (Å²) in [5.74, 6) is 0.0539. The van der Waals surface area contributed by atoms with Gasteiger partial charge in [-0.3, -0.25) is 4.79 Å². The highest BCUT2D eigenvalue weighted by atomic mass is 79.9. The number of hydrogen-bond donors (Lipinski definition) is 1. The van der Waals surface area contributed by atoms with E-state index >= 15 is 0 Å². The quantitative estimate of drug-likeness (QED) is 0.253. The maximum Gasteiger partial charge on any atom is 0.209 e. The van der Waals surface area contributed by atoms with E-state index < -0.39 is 0 Å². The molecule has 37 heavy (non-hydrogen) atoms. The van der Waals surface area contributed by atoms with E-state index in [0.29, 0.717) is 28.1 Å². The number of benzene rings is 2. The number of ketones is 1. The monoisotopic (exact) mass is 549 g/mol. The molecule has 0 spiro atoms. The molecule has 0 saturated carbocycles. The van der Waals surface area contributed by atoms with E-state index in [1.165, 1.54) is 0 Å². The Morgan fingerprint density at radius 1 is 1.00 bits per heavy atom.